The smallest absolute Gasteiger partial charge is 0.319 e. The molecule has 41 heavy (non-hydrogen) atoms. The predicted molar refractivity (Wildman–Crippen MR) is 157 cm³/mol. The Hall–Kier alpha value is -2.75. The Morgan fingerprint density at radius 3 is 2.66 bits per heavy atom. The number of halogens is 3. The molecule has 5 fully saturated rings. The van der Waals surface area contributed by atoms with E-state index in [0.29, 0.717) is 65.1 Å². The number of rotatable bonds is 6. The Labute approximate surface area is 243 Å². The van der Waals surface area contributed by atoms with Gasteiger partial charge >= 0.3 is 6.01 Å². The van der Waals surface area contributed by atoms with Gasteiger partial charge in [-0.15, -0.1) is 0 Å². The molecule has 4 atom stereocenters. The zero-order valence-electron chi connectivity index (χ0n) is 23.0. The van der Waals surface area contributed by atoms with Gasteiger partial charge in [0.15, 0.2) is 5.82 Å². The van der Waals surface area contributed by atoms with E-state index >= 15 is 4.39 Å². The van der Waals surface area contributed by atoms with Crippen LogP contribution in [0.25, 0.3) is 22.0 Å². The van der Waals surface area contributed by atoms with Crippen molar-refractivity contribution in [2.75, 3.05) is 43.4 Å². The molecule has 8 rings (SSSR count). The summed E-state index contributed by atoms with van der Waals surface area (Å²) in [7, 11) is 0. The lowest BCUT2D eigenvalue weighted by atomic mass is 9.94. The molecule has 4 aliphatic heterocycles. The third-order valence-corrected chi connectivity index (χ3v) is 10.3. The van der Waals surface area contributed by atoms with Crippen molar-refractivity contribution in [3.63, 3.8) is 0 Å². The van der Waals surface area contributed by atoms with Crippen LogP contribution in [0.15, 0.2) is 24.3 Å². The van der Waals surface area contributed by atoms with Crippen molar-refractivity contribution in [3.05, 3.63) is 40.7 Å². The Balaban J connectivity index is 1.23. The van der Waals surface area contributed by atoms with Crippen molar-refractivity contribution in [2.24, 2.45) is 0 Å². The standard InChI is InChI=1S/C31H35ClF2N6O/c32-25-11-19(35)10-24(26(25)17-2-3-17)22-6-7-23-28(27(22)34)37-30(38-29(23)39-14-20-4-5-21(15-39)36-20)41-16-31-8-1-9-40(31)13-18(33)12-31/h6-7,10-11,17-18,20-21,36H,1-5,8-9,12-16,35H2/t18-,20-,21+,31+/m1/s1. The molecule has 1 saturated carbocycles. The van der Waals surface area contributed by atoms with Crippen LogP contribution in [0, 0.1) is 5.82 Å². The SMILES string of the molecule is Nc1cc(Cl)c(C2CC2)c(-c2ccc3c(N4C[C@H]5CC[C@@H](C4)N5)nc(OC[C@@]45CCCN4C[C@H](F)C5)nc3c2F)c1. The molecule has 0 radical (unpaired) electrons. The number of nitrogen functional groups attached to an aromatic ring is 1. The number of aromatic nitrogens is 2. The summed E-state index contributed by atoms with van der Waals surface area (Å²) in [4.78, 5) is 14.0. The van der Waals surface area contributed by atoms with Crippen LogP contribution in [-0.4, -0.2) is 71.4 Å². The lowest BCUT2D eigenvalue weighted by Gasteiger charge is -2.34. The van der Waals surface area contributed by atoms with Gasteiger partial charge in [0, 0.05) is 59.8 Å². The van der Waals surface area contributed by atoms with Crippen LogP contribution in [-0.2, 0) is 0 Å². The zero-order chi connectivity index (χ0) is 27.9. The van der Waals surface area contributed by atoms with Crippen LogP contribution < -0.4 is 20.7 Å². The largest absolute Gasteiger partial charge is 0.461 e. The lowest BCUT2D eigenvalue weighted by Crippen LogP contribution is -2.51. The van der Waals surface area contributed by atoms with Gasteiger partial charge in [-0.3, -0.25) is 4.90 Å². The van der Waals surface area contributed by atoms with Crippen molar-refractivity contribution in [2.45, 2.75) is 74.7 Å². The van der Waals surface area contributed by atoms with E-state index in [1.807, 2.05) is 18.2 Å². The molecule has 1 aromatic heterocycles. The molecule has 0 amide bonds. The van der Waals surface area contributed by atoms with E-state index in [9.17, 15) is 4.39 Å². The highest BCUT2D eigenvalue weighted by atomic mass is 35.5. The van der Waals surface area contributed by atoms with Crippen molar-refractivity contribution < 1.29 is 13.5 Å². The maximum absolute atomic E-state index is 16.7. The maximum atomic E-state index is 16.7. The van der Waals surface area contributed by atoms with Gasteiger partial charge in [0.2, 0.25) is 0 Å². The van der Waals surface area contributed by atoms with Gasteiger partial charge < -0.3 is 20.7 Å². The third kappa shape index (κ3) is 4.43. The topological polar surface area (TPSA) is 79.5 Å². The van der Waals surface area contributed by atoms with E-state index in [4.69, 9.17) is 27.1 Å². The molecular weight excluding hydrogens is 546 g/mol. The van der Waals surface area contributed by atoms with E-state index in [-0.39, 0.29) is 17.1 Å². The Kier molecular flexibility index (Phi) is 6.10. The highest BCUT2D eigenvalue weighted by Gasteiger charge is 2.49. The molecule has 2 bridgehead atoms. The first-order chi connectivity index (χ1) is 19.9. The molecule has 0 unspecified atom stereocenters. The molecule has 216 valence electrons. The fourth-order valence-electron chi connectivity index (χ4n) is 7.91. The number of alkyl halides is 1. The molecule has 4 saturated heterocycles. The summed E-state index contributed by atoms with van der Waals surface area (Å²) in [5, 5.41) is 4.90. The summed E-state index contributed by atoms with van der Waals surface area (Å²) in [5.41, 5.74) is 8.67. The highest BCUT2D eigenvalue weighted by molar-refractivity contribution is 6.32. The van der Waals surface area contributed by atoms with E-state index in [1.54, 1.807) is 6.07 Å². The summed E-state index contributed by atoms with van der Waals surface area (Å²) in [6, 6.07) is 8.21. The lowest BCUT2D eigenvalue weighted by molar-refractivity contribution is 0.107. The third-order valence-electron chi connectivity index (χ3n) is 9.94. The summed E-state index contributed by atoms with van der Waals surface area (Å²) < 4.78 is 37.4. The van der Waals surface area contributed by atoms with Gasteiger partial charge in [0.05, 0.1) is 5.54 Å². The van der Waals surface area contributed by atoms with Gasteiger partial charge in [-0.1, -0.05) is 17.7 Å². The van der Waals surface area contributed by atoms with Crippen molar-refractivity contribution in [1.82, 2.24) is 20.2 Å². The van der Waals surface area contributed by atoms with Gasteiger partial charge in [0.25, 0.3) is 0 Å². The monoisotopic (exact) mass is 580 g/mol. The number of nitrogens with two attached hydrogens (primary N) is 1. The molecule has 3 N–H and O–H groups in total. The molecule has 7 nitrogen and oxygen atoms in total. The molecule has 5 heterocycles. The first kappa shape index (κ1) is 25.9. The number of anilines is 2. The van der Waals surface area contributed by atoms with Crippen LogP contribution in [0.4, 0.5) is 20.3 Å². The van der Waals surface area contributed by atoms with Crippen LogP contribution in [0.2, 0.25) is 5.02 Å². The van der Waals surface area contributed by atoms with Crippen LogP contribution in [0.1, 0.15) is 56.4 Å². The van der Waals surface area contributed by atoms with E-state index in [0.717, 1.165) is 69.3 Å². The number of nitrogens with zero attached hydrogens (tertiary/aromatic N) is 4. The van der Waals surface area contributed by atoms with Crippen molar-refractivity contribution >= 4 is 34.0 Å². The first-order valence-electron chi connectivity index (χ1n) is 15.0. The summed E-state index contributed by atoms with van der Waals surface area (Å²) in [5.74, 6) is 0.573. The molecule has 1 aliphatic carbocycles. The van der Waals surface area contributed by atoms with Gasteiger partial charge in [-0.05, 0) is 80.3 Å². The maximum Gasteiger partial charge on any atom is 0.319 e. The van der Waals surface area contributed by atoms with E-state index < -0.39 is 12.0 Å². The Morgan fingerprint density at radius 1 is 1.07 bits per heavy atom. The van der Waals surface area contributed by atoms with Crippen LogP contribution in [0.3, 0.4) is 0 Å². The van der Waals surface area contributed by atoms with Crippen LogP contribution >= 0.6 is 11.6 Å². The quantitative estimate of drug-likeness (QED) is 0.376. The second-order valence-corrected chi connectivity index (χ2v) is 13.2. The Bertz CT molecular complexity index is 1520. The van der Waals surface area contributed by atoms with E-state index in [1.165, 1.54) is 0 Å². The molecule has 5 aliphatic rings. The van der Waals surface area contributed by atoms with Crippen molar-refractivity contribution in [3.8, 4) is 17.1 Å². The van der Waals surface area contributed by atoms with Gasteiger partial charge in [-0.25, -0.2) is 8.78 Å². The minimum Gasteiger partial charge on any atom is -0.461 e. The average molecular weight is 581 g/mol. The number of fused-ring (bicyclic) bond motifs is 4. The number of hydrogen-bond donors (Lipinski definition) is 2. The number of ether oxygens (including phenoxy) is 1. The normalized spacial score (nSPS) is 29.4. The van der Waals surface area contributed by atoms with Gasteiger partial charge in [-0.2, -0.15) is 9.97 Å². The highest BCUT2D eigenvalue weighted by Crippen LogP contribution is 2.49. The molecule has 2 aromatic carbocycles. The molecule has 3 aromatic rings. The summed E-state index contributed by atoms with van der Waals surface area (Å²) in [6.45, 7) is 3.21. The Morgan fingerprint density at radius 2 is 1.88 bits per heavy atom. The summed E-state index contributed by atoms with van der Waals surface area (Å²) in [6.07, 6.45) is 5.80. The molecule has 10 heteroatoms. The number of piperazine rings is 1. The molecular formula is C31H35ClF2N6O. The minimum atomic E-state index is -0.853. The number of hydrogen-bond acceptors (Lipinski definition) is 7. The fourth-order valence-corrected chi connectivity index (χ4v) is 8.29. The second kappa shape index (κ2) is 9.64. The predicted octanol–water partition coefficient (Wildman–Crippen LogP) is 5.44. The number of benzene rings is 2. The van der Waals surface area contributed by atoms with Crippen molar-refractivity contribution in [1.29, 1.82) is 0 Å². The molecule has 0 spiro atoms. The average Bonchev–Trinajstić information content (AvgIpc) is 3.52. The van der Waals surface area contributed by atoms with E-state index in [2.05, 4.69) is 20.1 Å². The summed E-state index contributed by atoms with van der Waals surface area (Å²) >= 11 is 6.64. The van der Waals surface area contributed by atoms with Crippen LogP contribution in [0.5, 0.6) is 6.01 Å². The number of nitrogens with one attached hydrogen (secondary N) is 1. The van der Waals surface area contributed by atoms with Gasteiger partial charge in [0.1, 0.15) is 24.1 Å². The zero-order valence-corrected chi connectivity index (χ0v) is 23.8. The minimum absolute atomic E-state index is 0.144. The first-order valence-corrected chi connectivity index (χ1v) is 15.4. The fraction of sp³-hybridized carbons (Fsp3) is 0.548. The second-order valence-electron chi connectivity index (χ2n) is 12.8.